The van der Waals surface area contributed by atoms with E-state index in [1.807, 2.05) is 4.90 Å². The van der Waals surface area contributed by atoms with Crippen molar-refractivity contribution in [3.63, 3.8) is 0 Å². The van der Waals surface area contributed by atoms with Gasteiger partial charge in [0.2, 0.25) is 0 Å². The van der Waals surface area contributed by atoms with Crippen molar-refractivity contribution >= 4 is 11.6 Å². The van der Waals surface area contributed by atoms with Gasteiger partial charge in [-0.25, -0.2) is 15.8 Å². The molecule has 0 saturated heterocycles. The number of anilines is 2. The van der Waals surface area contributed by atoms with Crippen molar-refractivity contribution in [2.45, 2.75) is 6.61 Å². The van der Waals surface area contributed by atoms with Crippen LogP contribution in [0.4, 0.5) is 11.6 Å². The zero-order valence-electron chi connectivity index (χ0n) is 11.3. The van der Waals surface area contributed by atoms with E-state index in [0.717, 1.165) is 0 Å². The van der Waals surface area contributed by atoms with E-state index in [2.05, 4.69) is 15.4 Å². The van der Waals surface area contributed by atoms with Crippen LogP contribution in [0.2, 0.25) is 0 Å². The molecule has 0 spiro atoms. The Morgan fingerprint density at radius 3 is 2.68 bits per heavy atom. The summed E-state index contributed by atoms with van der Waals surface area (Å²) in [6.07, 6.45) is 0. The van der Waals surface area contributed by atoms with E-state index in [0.29, 0.717) is 43.8 Å². The average Bonchev–Trinajstić information content (AvgIpc) is 2.43. The van der Waals surface area contributed by atoms with Gasteiger partial charge in [-0.05, 0) is 0 Å². The smallest absolute Gasteiger partial charge is 0.158 e. The summed E-state index contributed by atoms with van der Waals surface area (Å²) in [5, 5.41) is 9.11. The predicted molar refractivity (Wildman–Crippen MR) is 71.7 cm³/mol. The Morgan fingerprint density at radius 1 is 1.32 bits per heavy atom. The van der Waals surface area contributed by atoms with Crippen LogP contribution in [0.3, 0.4) is 0 Å². The number of hydrogen-bond donors (Lipinski definition) is 3. The molecule has 0 bridgehead atoms. The van der Waals surface area contributed by atoms with Crippen molar-refractivity contribution in [2.75, 3.05) is 50.8 Å². The minimum Gasteiger partial charge on any atom is -0.395 e. The number of nitrogens with zero attached hydrogens (tertiary/aromatic N) is 3. The number of nitrogens with one attached hydrogen (secondary N) is 1. The first-order chi connectivity index (χ1) is 9.24. The molecule has 8 nitrogen and oxygen atoms in total. The molecule has 19 heavy (non-hydrogen) atoms. The number of rotatable bonds is 9. The summed E-state index contributed by atoms with van der Waals surface area (Å²) in [7, 11) is 3.20. The molecule has 4 N–H and O–H groups in total. The second kappa shape index (κ2) is 8.59. The molecule has 1 heterocycles. The molecule has 0 fully saturated rings. The highest BCUT2D eigenvalue weighted by Crippen LogP contribution is 2.15. The second-order valence-electron chi connectivity index (χ2n) is 3.81. The predicted octanol–water partition coefficient (Wildman–Crippen LogP) is -0.646. The maximum atomic E-state index is 9.11. The van der Waals surface area contributed by atoms with E-state index in [4.69, 9.17) is 20.4 Å². The lowest BCUT2D eigenvalue weighted by Crippen LogP contribution is -2.31. The fourth-order valence-electron chi connectivity index (χ4n) is 1.58. The number of ether oxygens (including phenoxy) is 2. The summed E-state index contributed by atoms with van der Waals surface area (Å²) in [6, 6.07) is 1.71. The van der Waals surface area contributed by atoms with Crippen molar-refractivity contribution in [3.05, 3.63) is 11.9 Å². The molecule has 0 aliphatic rings. The Labute approximate surface area is 112 Å². The zero-order chi connectivity index (χ0) is 14.1. The van der Waals surface area contributed by atoms with Gasteiger partial charge in [-0.3, -0.25) is 0 Å². The van der Waals surface area contributed by atoms with Crippen molar-refractivity contribution in [1.82, 2.24) is 9.97 Å². The Balaban J connectivity index is 2.95. The molecule has 0 amide bonds. The standard InChI is InChI=1S/C11H21N5O3/c1-18-6-4-16(3-5-17)11-7-9(15-12)13-10(14-11)8-19-2/h7,17H,3-6,8,12H2,1-2H3,(H,13,14,15). The Kier molecular flexibility index (Phi) is 7.04. The summed E-state index contributed by atoms with van der Waals surface area (Å²) in [5.74, 6) is 7.07. The molecule has 0 atom stereocenters. The first-order valence-corrected chi connectivity index (χ1v) is 5.93. The van der Waals surface area contributed by atoms with Gasteiger partial charge in [-0.15, -0.1) is 0 Å². The highest BCUT2D eigenvalue weighted by Gasteiger charge is 2.11. The second-order valence-corrected chi connectivity index (χ2v) is 3.81. The lowest BCUT2D eigenvalue weighted by Gasteiger charge is -2.23. The Morgan fingerprint density at radius 2 is 2.11 bits per heavy atom. The van der Waals surface area contributed by atoms with Crippen LogP contribution in [-0.2, 0) is 16.1 Å². The van der Waals surface area contributed by atoms with Gasteiger partial charge in [-0.2, -0.15) is 0 Å². The monoisotopic (exact) mass is 271 g/mol. The number of aliphatic hydroxyl groups is 1. The van der Waals surface area contributed by atoms with Crippen LogP contribution >= 0.6 is 0 Å². The van der Waals surface area contributed by atoms with Crippen LogP contribution in [0.15, 0.2) is 6.07 Å². The van der Waals surface area contributed by atoms with Gasteiger partial charge >= 0.3 is 0 Å². The average molecular weight is 271 g/mol. The number of hydrogen-bond acceptors (Lipinski definition) is 8. The van der Waals surface area contributed by atoms with Crippen molar-refractivity contribution in [2.24, 2.45) is 5.84 Å². The van der Waals surface area contributed by atoms with Gasteiger partial charge in [0.1, 0.15) is 18.2 Å². The van der Waals surface area contributed by atoms with Gasteiger partial charge in [0, 0.05) is 33.4 Å². The summed E-state index contributed by atoms with van der Waals surface area (Å²) in [6.45, 7) is 1.93. The molecule has 1 aromatic rings. The highest BCUT2D eigenvalue weighted by atomic mass is 16.5. The first kappa shape index (κ1) is 15.6. The third-order valence-corrected chi connectivity index (χ3v) is 2.44. The van der Waals surface area contributed by atoms with Crippen LogP contribution < -0.4 is 16.2 Å². The van der Waals surface area contributed by atoms with Gasteiger partial charge in [0.25, 0.3) is 0 Å². The number of aliphatic hydroxyl groups excluding tert-OH is 1. The largest absolute Gasteiger partial charge is 0.395 e. The van der Waals surface area contributed by atoms with E-state index >= 15 is 0 Å². The fourth-order valence-corrected chi connectivity index (χ4v) is 1.58. The SMILES string of the molecule is COCCN(CCO)c1cc(NN)nc(COC)n1. The summed E-state index contributed by atoms with van der Waals surface area (Å²) in [4.78, 5) is 10.4. The van der Waals surface area contributed by atoms with Crippen LogP contribution in [0.5, 0.6) is 0 Å². The summed E-state index contributed by atoms with van der Waals surface area (Å²) >= 11 is 0. The van der Waals surface area contributed by atoms with Gasteiger partial charge < -0.3 is 24.9 Å². The highest BCUT2D eigenvalue weighted by molar-refractivity contribution is 5.48. The van der Waals surface area contributed by atoms with E-state index in [9.17, 15) is 0 Å². The summed E-state index contributed by atoms with van der Waals surface area (Å²) in [5.41, 5.74) is 2.49. The number of nitrogen functional groups attached to an aromatic ring is 1. The van der Waals surface area contributed by atoms with Crippen molar-refractivity contribution in [1.29, 1.82) is 0 Å². The fraction of sp³-hybridized carbons (Fsp3) is 0.636. The molecule has 1 aromatic heterocycles. The van der Waals surface area contributed by atoms with Crippen LogP contribution in [-0.4, -0.2) is 55.6 Å². The molecule has 0 aliphatic heterocycles. The first-order valence-electron chi connectivity index (χ1n) is 5.93. The van der Waals surface area contributed by atoms with Crippen LogP contribution in [0.25, 0.3) is 0 Å². The molecular weight excluding hydrogens is 250 g/mol. The number of hydrazine groups is 1. The van der Waals surface area contributed by atoms with E-state index in [1.54, 1.807) is 20.3 Å². The summed E-state index contributed by atoms with van der Waals surface area (Å²) < 4.78 is 10.1. The zero-order valence-corrected chi connectivity index (χ0v) is 11.3. The van der Waals surface area contributed by atoms with Crippen molar-refractivity contribution in [3.8, 4) is 0 Å². The number of methoxy groups -OCH3 is 2. The topological polar surface area (TPSA) is 106 Å². The minimum absolute atomic E-state index is 0.0265. The minimum atomic E-state index is 0.0265. The molecule has 108 valence electrons. The Bertz CT molecular complexity index is 377. The lowest BCUT2D eigenvalue weighted by molar-refractivity contribution is 0.177. The Hall–Kier alpha value is -1.48. The quantitative estimate of drug-likeness (QED) is 0.402. The van der Waals surface area contributed by atoms with Gasteiger partial charge in [0.15, 0.2) is 5.82 Å². The molecule has 8 heteroatoms. The van der Waals surface area contributed by atoms with Crippen molar-refractivity contribution < 1.29 is 14.6 Å². The molecule has 0 saturated carbocycles. The van der Waals surface area contributed by atoms with Crippen LogP contribution in [0, 0.1) is 0 Å². The molecular formula is C11H21N5O3. The number of aromatic nitrogens is 2. The third-order valence-electron chi connectivity index (χ3n) is 2.44. The molecule has 0 aromatic carbocycles. The number of nitrogens with two attached hydrogens (primary N) is 1. The molecule has 1 rings (SSSR count). The van der Waals surface area contributed by atoms with Crippen LogP contribution in [0.1, 0.15) is 5.82 Å². The van der Waals surface area contributed by atoms with Gasteiger partial charge in [-0.1, -0.05) is 0 Å². The van der Waals surface area contributed by atoms with E-state index in [-0.39, 0.29) is 6.61 Å². The van der Waals surface area contributed by atoms with E-state index in [1.165, 1.54) is 0 Å². The maximum Gasteiger partial charge on any atom is 0.158 e. The molecule has 0 radical (unpaired) electrons. The maximum absolute atomic E-state index is 9.11. The molecule has 0 unspecified atom stereocenters. The normalized spacial score (nSPS) is 10.5. The molecule has 0 aliphatic carbocycles. The van der Waals surface area contributed by atoms with E-state index < -0.39 is 0 Å². The third kappa shape index (κ3) is 4.95. The lowest BCUT2D eigenvalue weighted by atomic mass is 10.4. The van der Waals surface area contributed by atoms with Gasteiger partial charge in [0.05, 0.1) is 13.2 Å².